The summed E-state index contributed by atoms with van der Waals surface area (Å²) in [5.74, 6) is 1.20. The quantitative estimate of drug-likeness (QED) is 0.333. The van der Waals surface area contributed by atoms with E-state index in [1.807, 2.05) is 60.8 Å². The number of carbonyl (C=O) groups is 1. The Hall–Kier alpha value is -3.10. The van der Waals surface area contributed by atoms with Crippen molar-refractivity contribution in [1.82, 2.24) is 20.2 Å². The Morgan fingerprint density at radius 3 is 2.51 bits per heavy atom. The number of ether oxygens (including phenoxy) is 1. The molecule has 1 N–H and O–H groups in total. The lowest BCUT2D eigenvalue weighted by Gasteiger charge is -2.26. The maximum absolute atomic E-state index is 12.6. The van der Waals surface area contributed by atoms with E-state index < -0.39 is 0 Å². The smallest absolute Gasteiger partial charge is 0.252 e. The van der Waals surface area contributed by atoms with E-state index in [-0.39, 0.29) is 5.91 Å². The average molecular weight is 520 g/mol. The van der Waals surface area contributed by atoms with Crippen molar-refractivity contribution in [3.05, 3.63) is 71.9 Å². The zero-order valence-corrected chi connectivity index (χ0v) is 22.7. The number of nitrogens with one attached hydrogen (secondary N) is 1. The lowest BCUT2D eigenvalue weighted by atomic mass is 10.1. The van der Waals surface area contributed by atoms with Gasteiger partial charge in [0.15, 0.2) is 0 Å². The minimum atomic E-state index is -0.0442. The van der Waals surface area contributed by atoms with Gasteiger partial charge in [-0.1, -0.05) is 55.4 Å². The number of likely N-dealkylation sites (tertiary alicyclic amines) is 1. The molecule has 0 bridgehead atoms. The van der Waals surface area contributed by atoms with Crippen LogP contribution in [0.4, 0.5) is 5.95 Å². The molecule has 0 unspecified atom stereocenters. The van der Waals surface area contributed by atoms with Crippen LogP contribution in [0.15, 0.2) is 70.6 Å². The number of carbonyl (C=O) groups excluding carboxylic acids is 1. The highest BCUT2D eigenvalue weighted by atomic mass is 32.2. The zero-order valence-electron chi connectivity index (χ0n) is 21.9. The zero-order chi connectivity index (χ0) is 25.9. The van der Waals surface area contributed by atoms with E-state index in [1.165, 1.54) is 31.0 Å². The van der Waals surface area contributed by atoms with Crippen molar-refractivity contribution in [2.24, 2.45) is 0 Å². The maximum atomic E-state index is 12.6. The molecule has 7 nitrogen and oxygen atoms in total. The van der Waals surface area contributed by atoms with E-state index in [9.17, 15) is 4.79 Å². The van der Waals surface area contributed by atoms with Crippen LogP contribution in [0.2, 0.25) is 0 Å². The third-order valence-corrected chi connectivity index (χ3v) is 7.35. The van der Waals surface area contributed by atoms with Gasteiger partial charge < -0.3 is 15.0 Å². The number of piperidine rings is 1. The van der Waals surface area contributed by atoms with Gasteiger partial charge >= 0.3 is 0 Å². The SMILES string of the molecule is CCCN(CC)c1ncc(Sc2ccc(C(=O)NCN3CCCCC3)cc2)c(OCc2ccccc2)n1. The van der Waals surface area contributed by atoms with Crippen molar-refractivity contribution in [3.8, 4) is 5.88 Å². The molecule has 2 heterocycles. The molecule has 1 aliphatic heterocycles. The first-order valence-electron chi connectivity index (χ1n) is 13.2. The van der Waals surface area contributed by atoms with Gasteiger partial charge in [0.25, 0.3) is 5.91 Å². The Morgan fingerprint density at radius 2 is 1.81 bits per heavy atom. The number of anilines is 1. The Labute approximate surface area is 224 Å². The molecule has 0 radical (unpaired) electrons. The molecule has 1 aliphatic rings. The molecule has 4 rings (SSSR count). The second-order valence-corrected chi connectivity index (χ2v) is 10.3. The molecule has 3 aromatic rings. The molecule has 1 amide bonds. The molecule has 1 aromatic heterocycles. The fourth-order valence-corrected chi connectivity index (χ4v) is 5.10. The molecular formula is C29H37N5O2S. The Kier molecular flexibility index (Phi) is 10.2. The van der Waals surface area contributed by atoms with Crippen LogP contribution in [-0.4, -0.2) is 53.6 Å². The van der Waals surface area contributed by atoms with Crippen molar-refractivity contribution < 1.29 is 9.53 Å². The summed E-state index contributed by atoms with van der Waals surface area (Å²) in [6.07, 6.45) is 6.56. The van der Waals surface area contributed by atoms with Crippen LogP contribution in [0.3, 0.4) is 0 Å². The van der Waals surface area contributed by atoms with Crippen LogP contribution < -0.4 is 15.0 Å². The van der Waals surface area contributed by atoms with Crippen LogP contribution in [0.1, 0.15) is 55.5 Å². The van der Waals surface area contributed by atoms with Crippen LogP contribution in [0, 0.1) is 0 Å². The van der Waals surface area contributed by atoms with Gasteiger partial charge in [-0.3, -0.25) is 9.69 Å². The van der Waals surface area contributed by atoms with Gasteiger partial charge in [0.1, 0.15) is 6.61 Å². The molecule has 0 saturated carbocycles. The van der Waals surface area contributed by atoms with E-state index in [0.717, 1.165) is 48.0 Å². The van der Waals surface area contributed by atoms with Gasteiger partial charge in [0.2, 0.25) is 11.8 Å². The molecule has 8 heteroatoms. The Morgan fingerprint density at radius 1 is 1.05 bits per heavy atom. The highest BCUT2D eigenvalue weighted by molar-refractivity contribution is 7.99. The first-order valence-corrected chi connectivity index (χ1v) is 14.0. The van der Waals surface area contributed by atoms with Crippen molar-refractivity contribution in [3.63, 3.8) is 0 Å². The summed E-state index contributed by atoms with van der Waals surface area (Å²) in [7, 11) is 0. The summed E-state index contributed by atoms with van der Waals surface area (Å²) >= 11 is 1.54. The van der Waals surface area contributed by atoms with E-state index in [1.54, 1.807) is 0 Å². The standard InChI is InChI=1S/C29H37N5O2S/c1-3-17-34(4-2)29-30-20-26(28(32-29)36-21-23-11-7-5-8-12-23)37-25-15-13-24(14-16-25)27(35)31-22-33-18-9-6-10-19-33/h5,7-8,11-16,20H,3-4,6,9-10,17-19,21-22H2,1-2H3,(H,31,35). The van der Waals surface area contributed by atoms with Crippen LogP contribution in [0.25, 0.3) is 0 Å². The molecule has 0 aliphatic carbocycles. The molecule has 1 saturated heterocycles. The first kappa shape index (κ1) is 26.9. The summed E-state index contributed by atoms with van der Waals surface area (Å²) in [6, 6.07) is 17.7. The van der Waals surface area contributed by atoms with Crippen LogP contribution in [0.5, 0.6) is 5.88 Å². The fraction of sp³-hybridized carbons (Fsp3) is 0.414. The van der Waals surface area contributed by atoms with Gasteiger partial charge in [0, 0.05) is 23.5 Å². The molecule has 1 fully saturated rings. The largest absolute Gasteiger partial charge is 0.472 e. The number of aromatic nitrogens is 2. The lowest BCUT2D eigenvalue weighted by Crippen LogP contribution is -2.40. The number of benzene rings is 2. The highest BCUT2D eigenvalue weighted by Crippen LogP contribution is 2.35. The number of hydrogen-bond donors (Lipinski definition) is 1. The van der Waals surface area contributed by atoms with E-state index in [4.69, 9.17) is 9.72 Å². The maximum Gasteiger partial charge on any atom is 0.252 e. The summed E-state index contributed by atoms with van der Waals surface area (Å²) in [6.45, 7) is 9.13. The predicted molar refractivity (Wildman–Crippen MR) is 149 cm³/mol. The summed E-state index contributed by atoms with van der Waals surface area (Å²) < 4.78 is 6.19. The summed E-state index contributed by atoms with van der Waals surface area (Å²) in [5.41, 5.74) is 1.74. The van der Waals surface area contributed by atoms with Crippen LogP contribution in [-0.2, 0) is 6.61 Å². The topological polar surface area (TPSA) is 70.6 Å². The molecule has 0 spiro atoms. The second-order valence-electron chi connectivity index (χ2n) is 9.16. The van der Waals surface area contributed by atoms with E-state index in [0.29, 0.717) is 30.7 Å². The third kappa shape index (κ3) is 7.94. The molecule has 0 atom stereocenters. The van der Waals surface area contributed by atoms with Crippen molar-refractivity contribution in [1.29, 1.82) is 0 Å². The van der Waals surface area contributed by atoms with Gasteiger partial charge in [0.05, 0.1) is 17.8 Å². The second kappa shape index (κ2) is 14.0. The minimum Gasteiger partial charge on any atom is -0.472 e. The van der Waals surface area contributed by atoms with Crippen molar-refractivity contribution >= 4 is 23.6 Å². The Bertz CT molecular complexity index is 1120. The minimum absolute atomic E-state index is 0.0442. The van der Waals surface area contributed by atoms with Crippen molar-refractivity contribution in [2.75, 3.05) is 37.7 Å². The number of nitrogens with zero attached hydrogens (tertiary/aromatic N) is 4. The van der Waals surface area contributed by atoms with Gasteiger partial charge in [-0.2, -0.15) is 4.98 Å². The average Bonchev–Trinajstić information content (AvgIpc) is 2.95. The van der Waals surface area contributed by atoms with Crippen molar-refractivity contribution in [2.45, 2.75) is 55.9 Å². The summed E-state index contributed by atoms with van der Waals surface area (Å²) in [4.78, 5) is 28.3. The molecule has 37 heavy (non-hydrogen) atoms. The van der Waals surface area contributed by atoms with Crippen LogP contribution >= 0.6 is 11.8 Å². The predicted octanol–water partition coefficient (Wildman–Crippen LogP) is 5.62. The highest BCUT2D eigenvalue weighted by Gasteiger charge is 2.16. The van der Waals surface area contributed by atoms with Gasteiger partial charge in [-0.25, -0.2) is 4.98 Å². The van der Waals surface area contributed by atoms with Gasteiger partial charge in [-0.05, 0) is 69.1 Å². The molecular weight excluding hydrogens is 482 g/mol. The molecule has 196 valence electrons. The monoisotopic (exact) mass is 519 g/mol. The summed E-state index contributed by atoms with van der Waals surface area (Å²) in [5, 5.41) is 3.05. The number of hydrogen-bond acceptors (Lipinski definition) is 7. The fourth-order valence-electron chi connectivity index (χ4n) is 4.27. The van der Waals surface area contributed by atoms with E-state index in [2.05, 4.69) is 33.9 Å². The third-order valence-electron chi connectivity index (χ3n) is 6.34. The lowest BCUT2D eigenvalue weighted by molar-refractivity contribution is 0.0914. The molecule has 2 aromatic carbocycles. The first-order chi connectivity index (χ1) is 18.2. The van der Waals surface area contributed by atoms with Gasteiger partial charge in [-0.15, -0.1) is 0 Å². The normalized spacial score (nSPS) is 13.8. The Balaban J connectivity index is 1.45. The van der Waals surface area contributed by atoms with E-state index >= 15 is 0 Å². The number of rotatable bonds is 12. The number of amides is 1.